The molecule has 1 amide bonds. The quantitative estimate of drug-likeness (QED) is 0.907. The van der Waals surface area contributed by atoms with Crippen LogP contribution in [0.1, 0.15) is 16.9 Å². The van der Waals surface area contributed by atoms with E-state index in [2.05, 4.69) is 10.3 Å². The molecule has 1 aliphatic carbocycles. The Labute approximate surface area is 129 Å². The Morgan fingerprint density at radius 1 is 1.45 bits per heavy atom. The molecule has 2 aliphatic rings. The maximum Gasteiger partial charge on any atom is 0.267 e. The van der Waals surface area contributed by atoms with Crippen LogP contribution in [0, 0.1) is 11.8 Å². The number of H-pyrrole nitrogens is 1. The molecule has 4 atom stereocenters. The number of benzene rings is 1. The van der Waals surface area contributed by atoms with Crippen molar-refractivity contribution in [1.29, 1.82) is 0 Å². The highest BCUT2D eigenvalue weighted by Gasteiger charge is 2.54. The summed E-state index contributed by atoms with van der Waals surface area (Å²) in [5.74, 6) is 0.631. The summed E-state index contributed by atoms with van der Waals surface area (Å²) in [6.45, 7) is 1.41. The third-order valence-electron chi connectivity index (χ3n) is 4.96. The van der Waals surface area contributed by atoms with Gasteiger partial charge in [-0.05, 0) is 18.6 Å². The van der Waals surface area contributed by atoms with Crippen molar-refractivity contribution in [3.05, 3.63) is 36.0 Å². The summed E-state index contributed by atoms with van der Waals surface area (Å²) in [6, 6.07) is 9.95. The van der Waals surface area contributed by atoms with E-state index in [-0.39, 0.29) is 24.0 Å². The highest BCUT2D eigenvalue weighted by molar-refractivity contribution is 5.98. The minimum Gasteiger partial charge on any atom is -0.384 e. The molecule has 1 aliphatic heterocycles. The molecular weight excluding hydrogens is 280 g/mol. The zero-order valence-corrected chi connectivity index (χ0v) is 12.5. The Morgan fingerprint density at radius 2 is 2.32 bits per heavy atom. The molecule has 1 aromatic carbocycles. The van der Waals surface area contributed by atoms with Crippen molar-refractivity contribution in [1.82, 2.24) is 10.3 Å². The van der Waals surface area contributed by atoms with E-state index in [1.807, 2.05) is 30.3 Å². The van der Waals surface area contributed by atoms with Crippen molar-refractivity contribution in [2.45, 2.75) is 18.6 Å². The summed E-state index contributed by atoms with van der Waals surface area (Å²) in [4.78, 5) is 15.7. The molecular formula is C17H20N2O3. The molecule has 22 heavy (non-hydrogen) atoms. The Balaban J connectivity index is 1.51. The first-order valence-corrected chi connectivity index (χ1v) is 7.77. The van der Waals surface area contributed by atoms with E-state index in [1.54, 1.807) is 7.11 Å². The number of aromatic amines is 1. The number of aromatic nitrogens is 1. The number of amides is 1. The zero-order chi connectivity index (χ0) is 15.1. The molecule has 5 nitrogen and oxygen atoms in total. The second kappa shape index (κ2) is 5.41. The van der Waals surface area contributed by atoms with Gasteiger partial charge in [0.05, 0.1) is 12.7 Å². The molecule has 1 saturated heterocycles. The minimum absolute atomic E-state index is 0.0485. The number of hydrogen-bond donors (Lipinski definition) is 2. The monoisotopic (exact) mass is 300 g/mol. The number of fused-ring (bicyclic) bond motifs is 2. The van der Waals surface area contributed by atoms with Crippen molar-refractivity contribution in [3.8, 4) is 0 Å². The van der Waals surface area contributed by atoms with Crippen LogP contribution in [0.2, 0.25) is 0 Å². The van der Waals surface area contributed by atoms with Gasteiger partial charge in [0.25, 0.3) is 5.91 Å². The fraction of sp³-hybridized carbons (Fsp3) is 0.471. The summed E-state index contributed by atoms with van der Waals surface area (Å²) < 4.78 is 11.0. The highest BCUT2D eigenvalue weighted by atomic mass is 16.5. The molecule has 0 unspecified atom stereocenters. The van der Waals surface area contributed by atoms with Crippen LogP contribution in [0.3, 0.4) is 0 Å². The van der Waals surface area contributed by atoms with Crippen LogP contribution >= 0.6 is 0 Å². The van der Waals surface area contributed by atoms with Crippen LogP contribution in [0.5, 0.6) is 0 Å². The van der Waals surface area contributed by atoms with Crippen molar-refractivity contribution in [2.75, 3.05) is 20.3 Å². The van der Waals surface area contributed by atoms with E-state index in [9.17, 15) is 4.79 Å². The molecule has 116 valence electrons. The number of para-hydroxylation sites is 1. The van der Waals surface area contributed by atoms with Crippen LogP contribution in [0.25, 0.3) is 10.9 Å². The van der Waals surface area contributed by atoms with E-state index < -0.39 is 0 Å². The number of carbonyl (C=O) groups excluding carboxylic acids is 1. The lowest BCUT2D eigenvalue weighted by atomic mass is 9.67. The molecule has 1 aromatic heterocycles. The van der Waals surface area contributed by atoms with Crippen molar-refractivity contribution in [2.24, 2.45) is 11.8 Å². The van der Waals surface area contributed by atoms with Gasteiger partial charge in [0.2, 0.25) is 0 Å². The Kier molecular flexibility index (Phi) is 3.39. The summed E-state index contributed by atoms with van der Waals surface area (Å²) in [5, 5.41) is 4.22. The molecule has 5 heteroatoms. The van der Waals surface area contributed by atoms with Gasteiger partial charge in [-0.1, -0.05) is 18.2 Å². The van der Waals surface area contributed by atoms with Gasteiger partial charge >= 0.3 is 0 Å². The third-order valence-corrected chi connectivity index (χ3v) is 4.96. The van der Waals surface area contributed by atoms with Gasteiger partial charge < -0.3 is 19.8 Å². The number of hydrogen-bond acceptors (Lipinski definition) is 3. The maximum atomic E-state index is 12.5. The molecule has 4 rings (SSSR count). The van der Waals surface area contributed by atoms with E-state index >= 15 is 0 Å². The van der Waals surface area contributed by atoms with Crippen molar-refractivity contribution < 1.29 is 14.3 Å². The van der Waals surface area contributed by atoms with Gasteiger partial charge in [0.1, 0.15) is 5.69 Å². The fourth-order valence-corrected chi connectivity index (χ4v) is 3.86. The molecule has 2 aromatic rings. The van der Waals surface area contributed by atoms with Gasteiger partial charge in [-0.3, -0.25) is 4.79 Å². The van der Waals surface area contributed by atoms with Gasteiger partial charge in [0, 0.05) is 42.5 Å². The lowest BCUT2D eigenvalue weighted by Gasteiger charge is -2.47. The molecule has 0 bridgehead atoms. The summed E-state index contributed by atoms with van der Waals surface area (Å²) >= 11 is 0. The predicted molar refractivity (Wildman–Crippen MR) is 82.8 cm³/mol. The van der Waals surface area contributed by atoms with E-state index in [4.69, 9.17) is 9.47 Å². The standard InChI is InChI=1S/C17H20N2O3/c1-21-9-12-15(11-6-7-22-16(11)12)19-17(20)14-8-10-4-2-3-5-13(10)18-14/h2-5,8,11-12,15-16,18H,6-7,9H2,1H3,(H,19,20)/t11-,12-,15-,16-/m0/s1. The first-order valence-electron chi connectivity index (χ1n) is 7.77. The predicted octanol–water partition coefficient (Wildman–Crippen LogP) is 1.95. The van der Waals surface area contributed by atoms with Gasteiger partial charge in [-0.25, -0.2) is 0 Å². The van der Waals surface area contributed by atoms with E-state index in [1.165, 1.54) is 0 Å². The first kappa shape index (κ1) is 13.8. The second-order valence-electron chi connectivity index (χ2n) is 6.18. The van der Waals surface area contributed by atoms with Gasteiger partial charge in [-0.15, -0.1) is 0 Å². The average molecular weight is 300 g/mol. The number of carbonyl (C=O) groups is 1. The number of ether oxygens (including phenoxy) is 2. The Morgan fingerprint density at radius 3 is 3.14 bits per heavy atom. The second-order valence-corrected chi connectivity index (χ2v) is 6.18. The van der Waals surface area contributed by atoms with Crippen LogP contribution in [0.4, 0.5) is 0 Å². The Hall–Kier alpha value is -1.85. The van der Waals surface area contributed by atoms with Crippen LogP contribution < -0.4 is 5.32 Å². The van der Waals surface area contributed by atoms with Gasteiger partial charge in [-0.2, -0.15) is 0 Å². The molecule has 1 saturated carbocycles. The number of nitrogens with one attached hydrogen (secondary N) is 2. The number of methoxy groups -OCH3 is 1. The van der Waals surface area contributed by atoms with Crippen LogP contribution in [0.15, 0.2) is 30.3 Å². The smallest absolute Gasteiger partial charge is 0.267 e. The number of rotatable bonds is 4. The largest absolute Gasteiger partial charge is 0.384 e. The average Bonchev–Trinajstić information content (AvgIpc) is 3.14. The summed E-state index contributed by atoms with van der Waals surface area (Å²) in [7, 11) is 1.69. The van der Waals surface area contributed by atoms with Crippen LogP contribution in [-0.4, -0.2) is 43.4 Å². The van der Waals surface area contributed by atoms with Gasteiger partial charge in [0.15, 0.2) is 0 Å². The lowest BCUT2D eigenvalue weighted by Crippen LogP contribution is -2.62. The topological polar surface area (TPSA) is 63.3 Å². The first-order chi connectivity index (χ1) is 10.8. The van der Waals surface area contributed by atoms with Crippen molar-refractivity contribution in [3.63, 3.8) is 0 Å². The molecule has 0 spiro atoms. The van der Waals surface area contributed by atoms with E-state index in [0.717, 1.165) is 23.9 Å². The summed E-state index contributed by atoms with van der Waals surface area (Å²) in [5.41, 5.74) is 1.59. The third kappa shape index (κ3) is 2.12. The molecule has 2 N–H and O–H groups in total. The SMILES string of the molecule is COC[C@H]1[C@@H](NC(=O)c2cc3ccccc3[nH]2)[C@@H]2CCO[C@@H]21. The fourth-order valence-electron chi connectivity index (χ4n) is 3.86. The maximum absolute atomic E-state index is 12.5. The van der Waals surface area contributed by atoms with Crippen molar-refractivity contribution >= 4 is 16.8 Å². The zero-order valence-electron chi connectivity index (χ0n) is 12.5. The molecule has 2 fully saturated rings. The highest BCUT2D eigenvalue weighted by Crippen LogP contribution is 2.43. The minimum atomic E-state index is -0.0485. The normalized spacial score (nSPS) is 30.0. The van der Waals surface area contributed by atoms with E-state index in [0.29, 0.717) is 18.2 Å². The Bertz CT molecular complexity index is 663. The lowest BCUT2D eigenvalue weighted by molar-refractivity contribution is -0.0810. The molecule has 2 heterocycles. The summed E-state index contributed by atoms with van der Waals surface area (Å²) in [6.07, 6.45) is 1.26. The molecule has 0 radical (unpaired) electrons. The van der Waals surface area contributed by atoms with Crippen LogP contribution in [-0.2, 0) is 9.47 Å².